The van der Waals surface area contributed by atoms with Crippen LogP contribution in [0.2, 0.25) is 0 Å². The van der Waals surface area contributed by atoms with Crippen molar-refractivity contribution in [3.8, 4) is 5.88 Å². The first-order valence-electron chi connectivity index (χ1n) is 8.71. The molecular formula is C19H21N3O3. The van der Waals surface area contributed by atoms with Crippen molar-refractivity contribution in [1.82, 2.24) is 14.9 Å². The van der Waals surface area contributed by atoms with Gasteiger partial charge < -0.3 is 14.4 Å². The zero-order valence-corrected chi connectivity index (χ0v) is 14.0. The Bertz CT molecular complexity index is 696. The van der Waals surface area contributed by atoms with Gasteiger partial charge in [-0.1, -0.05) is 6.07 Å². The Morgan fingerprint density at radius 3 is 2.52 bits per heavy atom. The molecule has 0 spiro atoms. The molecule has 0 N–H and O–H groups in total. The summed E-state index contributed by atoms with van der Waals surface area (Å²) in [6, 6.07) is 9.76. The van der Waals surface area contributed by atoms with Gasteiger partial charge in [0.15, 0.2) is 0 Å². The minimum atomic E-state index is -0.222. The molecule has 0 aliphatic carbocycles. The largest absolute Gasteiger partial charge is 0.474 e. The average Bonchev–Trinajstić information content (AvgIpc) is 2.92. The summed E-state index contributed by atoms with van der Waals surface area (Å²) in [7, 11) is 0. The maximum absolute atomic E-state index is 12.5. The number of pyridine rings is 2. The number of rotatable bonds is 4. The summed E-state index contributed by atoms with van der Waals surface area (Å²) in [6.07, 6.45) is 8.71. The molecular weight excluding hydrogens is 318 g/mol. The molecule has 2 aliphatic rings. The van der Waals surface area contributed by atoms with Crippen molar-refractivity contribution in [2.45, 2.75) is 50.5 Å². The predicted octanol–water partition coefficient (Wildman–Crippen LogP) is 3.19. The van der Waals surface area contributed by atoms with Crippen LogP contribution in [0.3, 0.4) is 0 Å². The Balaban J connectivity index is 1.34. The van der Waals surface area contributed by atoms with Crippen LogP contribution in [0.25, 0.3) is 0 Å². The number of hydrogen-bond donors (Lipinski definition) is 0. The lowest BCUT2D eigenvalue weighted by atomic mass is 10.0. The Morgan fingerprint density at radius 2 is 1.84 bits per heavy atom. The molecule has 0 radical (unpaired) electrons. The van der Waals surface area contributed by atoms with Gasteiger partial charge in [0.25, 0.3) is 0 Å². The first-order valence-corrected chi connectivity index (χ1v) is 8.71. The molecule has 1 amide bonds. The van der Waals surface area contributed by atoms with Crippen molar-refractivity contribution >= 4 is 6.09 Å². The van der Waals surface area contributed by atoms with Crippen molar-refractivity contribution in [1.29, 1.82) is 0 Å². The summed E-state index contributed by atoms with van der Waals surface area (Å²) in [5.74, 6) is 0.653. The highest BCUT2D eigenvalue weighted by atomic mass is 16.6. The van der Waals surface area contributed by atoms with E-state index >= 15 is 0 Å². The standard InChI is InChI=1S/C19H21N3O3/c23-19(24-13-14-6-9-20-10-7-14)22-15-4-5-16(22)12-17(11-15)25-18-3-1-2-8-21-18/h1-3,6-10,15-17H,4-5,11-13H2. The van der Waals surface area contributed by atoms with E-state index < -0.39 is 0 Å². The minimum Gasteiger partial charge on any atom is -0.474 e. The van der Waals surface area contributed by atoms with E-state index in [1.54, 1.807) is 18.6 Å². The summed E-state index contributed by atoms with van der Waals surface area (Å²) in [4.78, 5) is 22.6. The number of carbonyl (C=O) groups is 1. The molecule has 4 heterocycles. The first kappa shape index (κ1) is 15.9. The highest BCUT2D eigenvalue weighted by Gasteiger charge is 2.44. The van der Waals surface area contributed by atoms with Crippen molar-refractivity contribution in [2.75, 3.05) is 0 Å². The third-order valence-electron chi connectivity index (χ3n) is 4.94. The zero-order chi connectivity index (χ0) is 17.1. The van der Waals surface area contributed by atoms with Gasteiger partial charge in [-0.2, -0.15) is 0 Å². The summed E-state index contributed by atoms with van der Waals surface area (Å²) < 4.78 is 11.5. The molecule has 0 saturated carbocycles. The lowest BCUT2D eigenvalue weighted by Gasteiger charge is -2.37. The number of aromatic nitrogens is 2. The highest BCUT2D eigenvalue weighted by Crippen LogP contribution is 2.37. The van der Waals surface area contributed by atoms with Gasteiger partial charge in [-0.3, -0.25) is 4.98 Å². The topological polar surface area (TPSA) is 64.5 Å². The van der Waals surface area contributed by atoms with Crippen LogP contribution in [-0.2, 0) is 11.3 Å². The average molecular weight is 339 g/mol. The second-order valence-corrected chi connectivity index (χ2v) is 6.58. The molecule has 2 fully saturated rings. The molecule has 6 nitrogen and oxygen atoms in total. The van der Waals surface area contributed by atoms with E-state index in [0.29, 0.717) is 5.88 Å². The minimum absolute atomic E-state index is 0.108. The maximum atomic E-state index is 12.5. The fourth-order valence-corrected chi connectivity index (χ4v) is 3.81. The van der Waals surface area contributed by atoms with Crippen LogP contribution in [0.1, 0.15) is 31.2 Å². The van der Waals surface area contributed by atoms with E-state index in [9.17, 15) is 4.79 Å². The number of nitrogens with zero attached hydrogens (tertiary/aromatic N) is 3. The first-order chi connectivity index (χ1) is 12.3. The second-order valence-electron chi connectivity index (χ2n) is 6.58. The van der Waals surface area contributed by atoms with Gasteiger partial charge >= 0.3 is 6.09 Å². The summed E-state index contributed by atoms with van der Waals surface area (Å²) in [5, 5.41) is 0. The molecule has 2 aromatic heterocycles. The van der Waals surface area contributed by atoms with Gasteiger partial charge in [0.1, 0.15) is 12.7 Å². The quantitative estimate of drug-likeness (QED) is 0.856. The smallest absolute Gasteiger partial charge is 0.410 e. The molecule has 4 rings (SSSR count). The third kappa shape index (κ3) is 3.57. The van der Waals surface area contributed by atoms with Gasteiger partial charge in [0, 0.05) is 49.6 Å². The molecule has 2 aromatic rings. The molecule has 2 saturated heterocycles. The van der Waals surface area contributed by atoms with Gasteiger partial charge in [0.2, 0.25) is 5.88 Å². The number of fused-ring (bicyclic) bond motifs is 2. The molecule has 2 bridgehead atoms. The van der Waals surface area contributed by atoms with E-state index in [0.717, 1.165) is 31.2 Å². The molecule has 2 aliphatic heterocycles. The molecule has 2 unspecified atom stereocenters. The summed E-state index contributed by atoms with van der Waals surface area (Å²) in [5.41, 5.74) is 0.948. The zero-order valence-electron chi connectivity index (χ0n) is 14.0. The number of ether oxygens (including phenoxy) is 2. The Morgan fingerprint density at radius 1 is 1.08 bits per heavy atom. The second kappa shape index (κ2) is 7.09. The Hall–Kier alpha value is -2.63. The number of hydrogen-bond acceptors (Lipinski definition) is 5. The Labute approximate surface area is 146 Å². The van der Waals surface area contributed by atoms with Gasteiger partial charge in [-0.25, -0.2) is 9.78 Å². The van der Waals surface area contributed by atoms with Gasteiger partial charge in [-0.05, 0) is 36.6 Å². The maximum Gasteiger partial charge on any atom is 0.410 e. The molecule has 2 atom stereocenters. The number of amides is 1. The SMILES string of the molecule is O=C(OCc1ccncc1)N1C2CCC1CC(Oc1ccccn1)C2. The van der Waals surface area contributed by atoms with Crippen LogP contribution >= 0.6 is 0 Å². The molecule has 0 aromatic carbocycles. The van der Waals surface area contributed by atoms with E-state index in [4.69, 9.17) is 9.47 Å². The summed E-state index contributed by atoms with van der Waals surface area (Å²) >= 11 is 0. The van der Waals surface area contributed by atoms with E-state index in [1.165, 1.54) is 0 Å². The Kier molecular flexibility index (Phi) is 4.50. The fraction of sp³-hybridized carbons (Fsp3) is 0.421. The van der Waals surface area contributed by atoms with Crippen LogP contribution in [-0.4, -0.2) is 39.1 Å². The van der Waals surface area contributed by atoms with Crippen LogP contribution in [0.4, 0.5) is 4.79 Å². The normalized spacial score (nSPS) is 24.8. The fourth-order valence-electron chi connectivity index (χ4n) is 3.81. The van der Waals surface area contributed by atoms with Crippen LogP contribution in [0, 0.1) is 0 Å². The number of carbonyl (C=O) groups excluding carboxylic acids is 1. The van der Waals surface area contributed by atoms with Gasteiger partial charge in [0.05, 0.1) is 0 Å². The van der Waals surface area contributed by atoms with Crippen LogP contribution < -0.4 is 4.74 Å². The van der Waals surface area contributed by atoms with Crippen molar-refractivity contribution in [3.05, 3.63) is 54.5 Å². The lowest BCUT2D eigenvalue weighted by molar-refractivity contribution is 0.0292. The summed E-state index contributed by atoms with van der Waals surface area (Å²) in [6.45, 7) is 0.283. The molecule has 6 heteroatoms. The van der Waals surface area contributed by atoms with E-state index in [1.807, 2.05) is 35.2 Å². The lowest BCUT2D eigenvalue weighted by Crippen LogP contribution is -2.49. The van der Waals surface area contributed by atoms with Crippen molar-refractivity contribution in [3.63, 3.8) is 0 Å². The predicted molar refractivity (Wildman–Crippen MR) is 91.0 cm³/mol. The monoisotopic (exact) mass is 339 g/mol. The molecule has 25 heavy (non-hydrogen) atoms. The third-order valence-corrected chi connectivity index (χ3v) is 4.94. The van der Waals surface area contributed by atoms with Crippen molar-refractivity contribution < 1.29 is 14.3 Å². The number of piperidine rings is 1. The van der Waals surface area contributed by atoms with E-state index in [-0.39, 0.29) is 30.9 Å². The van der Waals surface area contributed by atoms with E-state index in [2.05, 4.69) is 9.97 Å². The van der Waals surface area contributed by atoms with Crippen LogP contribution in [0.15, 0.2) is 48.9 Å². The van der Waals surface area contributed by atoms with Crippen LogP contribution in [0.5, 0.6) is 5.88 Å². The van der Waals surface area contributed by atoms with Crippen molar-refractivity contribution in [2.24, 2.45) is 0 Å². The highest BCUT2D eigenvalue weighted by molar-refractivity contribution is 5.69. The van der Waals surface area contributed by atoms with Gasteiger partial charge in [-0.15, -0.1) is 0 Å². The molecule has 130 valence electrons.